The SMILES string of the molecule is CC1CN(c2ccc(I)cn2)C1. The van der Waals surface area contributed by atoms with Crippen molar-refractivity contribution in [3.63, 3.8) is 0 Å². The van der Waals surface area contributed by atoms with Crippen LogP contribution in [-0.2, 0) is 0 Å². The number of rotatable bonds is 1. The van der Waals surface area contributed by atoms with Crippen LogP contribution in [0, 0.1) is 9.49 Å². The number of anilines is 1. The van der Waals surface area contributed by atoms with E-state index in [0.717, 1.165) is 24.8 Å². The van der Waals surface area contributed by atoms with Crippen molar-refractivity contribution in [2.45, 2.75) is 6.92 Å². The van der Waals surface area contributed by atoms with Crippen molar-refractivity contribution in [1.29, 1.82) is 0 Å². The van der Waals surface area contributed by atoms with Crippen LogP contribution in [0.25, 0.3) is 0 Å². The lowest BCUT2D eigenvalue weighted by atomic mass is 10.0. The molecule has 0 atom stereocenters. The fourth-order valence-corrected chi connectivity index (χ4v) is 1.76. The maximum Gasteiger partial charge on any atom is 0.128 e. The van der Waals surface area contributed by atoms with Crippen LogP contribution in [0.4, 0.5) is 5.82 Å². The van der Waals surface area contributed by atoms with Gasteiger partial charge in [-0.3, -0.25) is 0 Å². The van der Waals surface area contributed by atoms with E-state index in [4.69, 9.17) is 0 Å². The fourth-order valence-electron chi connectivity index (χ4n) is 1.44. The van der Waals surface area contributed by atoms with Crippen LogP contribution in [0.5, 0.6) is 0 Å². The maximum atomic E-state index is 4.35. The van der Waals surface area contributed by atoms with Gasteiger partial charge in [-0.1, -0.05) is 6.92 Å². The summed E-state index contributed by atoms with van der Waals surface area (Å²) < 4.78 is 1.20. The topological polar surface area (TPSA) is 16.1 Å². The molecule has 0 amide bonds. The standard InChI is InChI=1S/C9H11IN2/c1-7-5-12(6-7)9-3-2-8(10)4-11-9/h2-4,7H,5-6H2,1H3. The Bertz CT molecular complexity index is 264. The van der Waals surface area contributed by atoms with Gasteiger partial charge in [-0.2, -0.15) is 0 Å². The summed E-state index contributed by atoms with van der Waals surface area (Å²) in [7, 11) is 0. The van der Waals surface area contributed by atoms with Gasteiger partial charge in [0, 0.05) is 22.9 Å². The van der Waals surface area contributed by atoms with Gasteiger partial charge in [-0.15, -0.1) is 0 Å². The predicted octanol–water partition coefficient (Wildman–Crippen LogP) is 2.14. The van der Waals surface area contributed by atoms with E-state index in [9.17, 15) is 0 Å². The highest BCUT2D eigenvalue weighted by atomic mass is 127. The van der Waals surface area contributed by atoms with Gasteiger partial charge in [0.25, 0.3) is 0 Å². The number of pyridine rings is 1. The highest BCUT2D eigenvalue weighted by molar-refractivity contribution is 14.1. The minimum absolute atomic E-state index is 0.839. The Hall–Kier alpha value is -0.320. The first kappa shape index (κ1) is 8.29. The second kappa shape index (κ2) is 3.20. The number of aromatic nitrogens is 1. The smallest absolute Gasteiger partial charge is 0.128 e. The zero-order chi connectivity index (χ0) is 8.55. The average Bonchev–Trinajstić information content (AvgIpc) is 2.01. The van der Waals surface area contributed by atoms with E-state index >= 15 is 0 Å². The van der Waals surface area contributed by atoms with Gasteiger partial charge in [-0.25, -0.2) is 4.98 Å². The van der Waals surface area contributed by atoms with E-state index in [1.165, 1.54) is 3.57 Å². The van der Waals surface area contributed by atoms with Crippen LogP contribution in [0.3, 0.4) is 0 Å². The second-order valence-corrected chi connectivity index (χ2v) is 4.59. The molecule has 12 heavy (non-hydrogen) atoms. The van der Waals surface area contributed by atoms with Crippen LogP contribution < -0.4 is 4.90 Å². The first-order valence-electron chi connectivity index (χ1n) is 4.12. The third kappa shape index (κ3) is 1.55. The molecule has 1 aromatic heterocycles. The van der Waals surface area contributed by atoms with Gasteiger partial charge < -0.3 is 4.90 Å². The first-order chi connectivity index (χ1) is 5.75. The Morgan fingerprint density at radius 2 is 2.25 bits per heavy atom. The van der Waals surface area contributed by atoms with Gasteiger partial charge in [0.1, 0.15) is 5.82 Å². The summed E-state index contributed by atoms with van der Waals surface area (Å²) in [4.78, 5) is 6.66. The first-order valence-corrected chi connectivity index (χ1v) is 5.20. The lowest BCUT2D eigenvalue weighted by Gasteiger charge is -2.38. The molecule has 0 aliphatic carbocycles. The van der Waals surface area contributed by atoms with Crippen LogP contribution in [-0.4, -0.2) is 18.1 Å². The summed E-state index contributed by atoms with van der Waals surface area (Å²) in [5, 5.41) is 0. The van der Waals surface area contributed by atoms with Crippen molar-refractivity contribution in [2.75, 3.05) is 18.0 Å². The molecule has 3 heteroatoms. The Morgan fingerprint density at radius 3 is 2.75 bits per heavy atom. The lowest BCUT2D eigenvalue weighted by Crippen LogP contribution is -2.45. The Morgan fingerprint density at radius 1 is 1.50 bits per heavy atom. The van der Waals surface area contributed by atoms with E-state index in [0.29, 0.717) is 0 Å². The molecule has 0 saturated carbocycles. The van der Waals surface area contributed by atoms with E-state index in [1.807, 2.05) is 6.20 Å². The maximum absolute atomic E-state index is 4.35. The number of halogens is 1. The Balaban J connectivity index is 2.09. The highest BCUT2D eigenvalue weighted by Gasteiger charge is 2.22. The van der Waals surface area contributed by atoms with Crippen LogP contribution in [0.2, 0.25) is 0 Å². The monoisotopic (exact) mass is 274 g/mol. The number of hydrogen-bond donors (Lipinski definition) is 0. The summed E-state index contributed by atoms with van der Waals surface area (Å²) >= 11 is 2.27. The lowest BCUT2D eigenvalue weighted by molar-refractivity contribution is 0.443. The molecule has 2 nitrogen and oxygen atoms in total. The third-order valence-electron chi connectivity index (χ3n) is 2.10. The van der Waals surface area contributed by atoms with Crippen molar-refractivity contribution in [2.24, 2.45) is 5.92 Å². The molecular formula is C9H11IN2. The molecule has 2 heterocycles. The van der Waals surface area contributed by atoms with Crippen molar-refractivity contribution in [3.05, 3.63) is 21.9 Å². The molecule has 1 fully saturated rings. The molecule has 1 aromatic rings. The van der Waals surface area contributed by atoms with Crippen molar-refractivity contribution in [1.82, 2.24) is 4.98 Å². The number of hydrogen-bond acceptors (Lipinski definition) is 2. The van der Waals surface area contributed by atoms with Crippen molar-refractivity contribution in [3.8, 4) is 0 Å². The molecule has 0 N–H and O–H groups in total. The summed E-state index contributed by atoms with van der Waals surface area (Å²) in [6, 6.07) is 4.19. The third-order valence-corrected chi connectivity index (χ3v) is 2.74. The summed E-state index contributed by atoms with van der Waals surface area (Å²) in [6.07, 6.45) is 1.92. The van der Waals surface area contributed by atoms with Crippen LogP contribution in [0.15, 0.2) is 18.3 Å². The summed E-state index contributed by atoms with van der Waals surface area (Å²) in [5.74, 6) is 1.96. The molecule has 0 radical (unpaired) electrons. The van der Waals surface area contributed by atoms with Crippen molar-refractivity contribution < 1.29 is 0 Å². The zero-order valence-electron chi connectivity index (χ0n) is 7.00. The van der Waals surface area contributed by atoms with Gasteiger partial charge in [0.05, 0.1) is 0 Å². The van der Waals surface area contributed by atoms with Gasteiger partial charge in [-0.05, 0) is 40.6 Å². The summed E-state index contributed by atoms with van der Waals surface area (Å²) in [6.45, 7) is 4.59. The van der Waals surface area contributed by atoms with Crippen LogP contribution >= 0.6 is 22.6 Å². The van der Waals surface area contributed by atoms with Gasteiger partial charge in [0.2, 0.25) is 0 Å². The molecule has 1 aliphatic rings. The van der Waals surface area contributed by atoms with Gasteiger partial charge in [0.15, 0.2) is 0 Å². The Labute approximate surface area is 86.1 Å². The second-order valence-electron chi connectivity index (χ2n) is 3.34. The molecular weight excluding hydrogens is 263 g/mol. The van der Waals surface area contributed by atoms with Crippen molar-refractivity contribution >= 4 is 28.4 Å². The molecule has 0 spiro atoms. The predicted molar refractivity (Wildman–Crippen MR) is 58.3 cm³/mol. The summed E-state index contributed by atoms with van der Waals surface area (Å²) in [5.41, 5.74) is 0. The Kier molecular flexibility index (Phi) is 2.21. The van der Waals surface area contributed by atoms with E-state index < -0.39 is 0 Å². The van der Waals surface area contributed by atoms with Crippen LogP contribution in [0.1, 0.15) is 6.92 Å². The molecule has 0 aromatic carbocycles. The minimum atomic E-state index is 0.839. The minimum Gasteiger partial charge on any atom is -0.356 e. The zero-order valence-corrected chi connectivity index (χ0v) is 9.15. The molecule has 64 valence electrons. The molecule has 1 aliphatic heterocycles. The normalized spacial score (nSPS) is 17.7. The van der Waals surface area contributed by atoms with Gasteiger partial charge >= 0.3 is 0 Å². The van der Waals surface area contributed by atoms with E-state index in [-0.39, 0.29) is 0 Å². The largest absolute Gasteiger partial charge is 0.356 e. The number of nitrogens with zero attached hydrogens (tertiary/aromatic N) is 2. The molecule has 0 bridgehead atoms. The quantitative estimate of drug-likeness (QED) is 0.729. The van der Waals surface area contributed by atoms with E-state index in [1.54, 1.807) is 0 Å². The van der Waals surface area contributed by atoms with E-state index in [2.05, 4.69) is 51.5 Å². The highest BCUT2D eigenvalue weighted by Crippen LogP contribution is 2.21. The fraction of sp³-hybridized carbons (Fsp3) is 0.444. The molecule has 0 unspecified atom stereocenters. The molecule has 1 saturated heterocycles. The molecule has 2 rings (SSSR count). The average molecular weight is 274 g/mol.